The molecule has 162 valence electrons. The Labute approximate surface area is 174 Å². The molecule has 3 rings (SSSR count). The van der Waals surface area contributed by atoms with E-state index in [0.717, 1.165) is 11.3 Å². The van der Waals surface area contributed by atoms with Crippen molar-refractivity contribution in [1.29, 1.82) is 0 Å². The van der Waals surface area contributed by atoms with Crippen LogP contribution in [0.25, 0.3) is 0 Å². The van der Waals surface area contributed by atoms with E-state index in [1.54, 1.807) is 11.8 Å². The molecule has 2 amide bonds. The number of hydrogen-bond acceptors (Lipinski definition) is 5. The summed E-state index contributed by atoms with van der Waals surface area (Å²) in [6.45, 7) is 6.20. The highest BCUT2D eigenvalue weighted by Gasteiger charge is 2.24. The molecule has 0 radical (unpaired) electrons. The Morgan fingerprint density at radius 2 is 1.77 bits per heavy atom. The Hall–Kier alpha value is -2.81. The molecule has 0 saturated carbocycles. The number of rotatable bonds is 7. The fourth-order valence-electron chi connectivity index (χ4n) is 3.53. The number of halogens is 2. The van der Waals surface area contributed by atoms with E-state index in [1.165, 1.54) is 18.2 Å². The van der Waals surface area contributed by atoms with Crippen molar-refractivity contribution < 1.29 is 22.9 Å². The minimum atomic E-state index is -0.610. The molecule has 2 aromatic rings. The molecule has 0 unspecified atom stereocenters. The van der Waals surface area contributed by atoms with Crippen LogP contribution < -0.4 is 5.32 Å². The Morgan fingerprint density at radius 1 is 1.10 bits per heavy atom. The van der Waals surface area contributed by atoms with Crippen LogP contribution in [0.1, 0.15) is 22.6 Å². The zero-order valence-corrected chi connectivity index (χ0v) is 17.2. The first kappa shape index (κ1) is 21.9. The SMILES string of the molecule is Cc1noc(C)c1CC(=O)N1CCN(CC(=O)NCCc2c(F)cccc2F)CC1. The minimum Gasteiger partial charge on any atom is -0.361 e. The molecular formula is C21H26F2N4O3. The number of nitrogens with one attached hydrogen (secondary N) is 1. The fourth-order valence-corrected chi connectivity index (χ4v) is 3.53. The van der Waals surface area contributed by atoms with Crippen molar-refractivity contribution in [2.45, 2.75) is 26.7 Å². The summed E-state index contributed by atoms with van der Waals surface area (Å²) in [7, 11) is 0. The molecule has 1 aliphatic rings. The zero-order chi connectivity index (χ0) is 21.7. The number of carbonyl (C=O) groups is 2. The van der Waals surface area contributed by atoms with E-state index in [4.69, 9.17) is 4.52 Å². The number of amides is 2. The molecule has 1 fully saturated rings. The lowest BCUT2D eigenvalue weighted by Gasteiger charge is -2.34. The predicted molar refractivity (Wildman–Crippen MR) is 106 cm³/mol. The molecule has 30 heavy (non-hydrogen) atoms. The smallest absolute Gasteiger partial charge is 0.234 e. The first-order chi connectivity index (χ1) is 14.3. The second-order valence-electron chi connectivity index (χ2n) is 7.44. The van der Waals surface area contributed by atoms with Crippen molar-refractivity contribution in [2.75, 3.05) is 39.3 Å². The van der Waals surface area contributed by atoms with E-state index in [-0.39, 0.29) is 43.3 Å². The average Bonchev–Trinajstić information content (AvgIpc) is 3.02. The lowest BCUT2D eigenvalue weighted by Crippen LogP contribution is -2.51. The Bertz CT molecular complexity index is 868. The van der Waals surface area contributed by atoms with Gasteiger partial charge in [0.1, 0.15) is 17.4 Å². The van der Waals surface area contributed by atoms with Crippen molar-refractivity contribution in [1.82, 2.24) is 20.3 Å². The third kappa shape index (κ3) is 5.41. The molecule has 0 spiro atoms. The maximum absolute atomic E-state index is 13.6. The molecule has 1 aromatic heterocycles. The van der Waals surface area contributed by atoms with Gasteiger partial charge in [0.25, 0.3) is 0 Å². The molecule has 0 bridgehead atoms. The van der Waals surface area contributed by atoms with Gasteiger partial charge in [-0.3, -0.25) is 14.5 Å². The van der Waals surface area contributed by atoms with Gasteiger partial charge in [0.05, 0.1) is 18.7 Å². The van der Waals surface area contributed by atoms with Gasteiger partial charge in [-0.1, -0.05) is 11.2 Å². The van der Waals surface area contributed by atoms with E-state index < -0.39 is 11.6 Å². The Kier molecular flexibility index (Phi) is 7.15. The predicted octanol–water partition coefficient (Wildman–Crippen LogP) is 1.62. The summed E-state index contributed by atoms with van der Waals surface area (Å²) in [6, 6.07) is 3.71. The molecule has 1 aliphatic heterocycles. The summed E-state index contributed by atoms with van der Waals surface area (Å²) >= 11 is 0. The number of benzene rings is 1. The van der Waals surface area contributed by atoms with Crippen LogP contribution >= 0.6 is 0 Å². The molecule has 9 heteroatoms. The molecule has 7 nitrogen and oxygen atoms in total. The molecule has 0 atom stereocenters. The quantitative estimate of drug-likeness (QED) is 0.737. The van der Waals surface area contributed by atoms with Crippen molar-refractivity contribution in [3.8, 4) is 0 Å². The Morgan fingerprint density at radius 3 is 2.37 bits per heavy atom. The van der Waals surface area contributed by atoms with Crippen LogP contribution in [0.4, 0.5) is 8.78 Å². The van der Waals surface area contributed by atoms with Gasteiger partial charge >= 0.3 is 0 Å². The van der Waals surface area contributed by atoms with Gasteiger partial charge in [-0.05, 0) is 32.4 Å². The van der Waals surface area contributed by atoms with Gasteiger partial charge in [0.15, 0.2) is 0 Å². The lowest BCUT2D eigenvalue weighted by atomic mass is 10.1. The summed E-state index contributed by atoms with van der Waals surface area (Å²) in [5, 5.41) is 6.57. The number of carbonyl (C=O) groups excluding carboxylic acids is 2. The zero-order valence-electron chi connectivity index (χ0n) is 17.2. The second-order valence-corrected chi connectivity index (χ2v) is 7.44. The van der Waals surface area contributed by atoms with Gasteiger partial charge in [-0.15, -0.1) is 0 Å². The largest absolute Gasteiger partial charge is 0.361 e. The third-order valence-electron chi connectivity index (χ3n) is 5.36. The number of aromatic nitrogens is 1. The minimum absolute atomic E-state index is 0.0143. The van der Waals surface area contributed by atoms with Crippen molar-refractivity contribution in [3.05, 3.63) is 52.4 Å². The van der Waals surface area contributed by atoms with Gasteiger partial charge < -0.3 is 14.7 Å². The van der Waals surface area contributed by atoms with E-state index in [0.29, 0.717) is 31.9 Å². The van der Waals surface area contributed by atoms with E-state index in [2.05, 4.69) is 10.5 Å². The van der Waals surface area contributed by atoms with Crippen LogP contribution in [0.5, 0.6) is 0 Å². The highest BCUT2D eigenvalue weighted by molar-refractivity contribution is 5.80. The molecule has 0 aliphatic carbocycles. The maximum Gasteiger partial charge on any atom is 0.234 e. The molecule has 1 N–H and O–H groups in total. The van der Waals surface area contributed by atoms with Crippen LogP contribution in [-0.4, -0.2) is 66.0 Å². The number of aryl methyl sites for hydroxylation is 2. The highest BCUT2D eigenvalue weighted by Crippen LogP contribution is 2.15. The monoisotopic (exact) mass is 420 g/mol. The summed E-state index contributed by atoms with van der Waals surface area (Å²) in [5.74, 6) is -0.752. The topological polar surface area (TPSA) is 78.7 Å². The first-order valence-corrected chi connectivity index (χ1v) is 9.96. The molecule has 1 aromatic carbocycles. The van der Waals surface area contributed by atoms with Crippen LogP contribution in [0.15, 0.2) is 22.7 Å². The normalized spacial score (nSPS) is 14.7. The standard InChI is InChI=1S/C21H26F2N4O3/c1-14-17(15(2)30-25-14)12-21(29)27-10-8-26(9-11-27)13-20(28)24-7-6-16-18(22)4-3-5-19(16)23/h3-5H,6-13H2,1-2H3,(H,24,28). The van der Waals surface area contributed by atoms with Gasteiger partial charge in [-0.25, -0.2) is 8.78 Å². The molecular weight excluding hydrogens is 394 g/mol. The summed E-state index contributed by atoms with van der Waals surface area (Å²) < 4.78 is 32.3. The van der Waals surface area contributed by atoms with Crippen LogP contribution in [0.2, 0.25) is 0 Å². The lowest BCUT2D eigenvalue weighted by molar-refractivity contribution is -0.132. The van der Waals surface area contributed by atoms with Gasteiger partial charge in [-0.2, -0.15) is 0 Å². The maximum atomic E-state index is 13.6. The van der Waals surface area contributed by atoms with Crippen LogP contribution in [-0.2, 0) is 22.4 Å². The van der Waals surface area contributed by atoms with Crippen LogP contribution in [0, 0.1) is 25.5 Å². The van der Waals surface area contributed by atoms with E-state index >= 15 is 0 Å². The van der Waals surface area contributed by atoms with Crippen molar-refractivity contribution >= 4 is 11.8 Å². The molecule has 1 saturated heterocycles. The summed E-state index contributed by atoms with van der Waals surface area (Å²) in [6.07, 6.45) is 0.350. The van der Waals surface area contributed by atoms with E-state index in [9.17, 15) is 18.4 Å². The van der Waals surface area contributed by atoms with Gasteiger partial charge in [0.2, 0.25) is 11.8 Å². The fraction of sp³-hybridized carbons (Fsp3) is 0.476. The second kappa shape index (κ2) is 9.80. The highest BCUT2D eigenvalue weighted by atomic mass is 19.1. The first-order valence-electron chi connectivity index (χ1n) is 9.96. The van der Waals surface area contributed by atoms with Crippen molar-refractivity contribution in [2.24, 2.45) is 0 Å². The van der Waals surface area contributed by atoms with Crippen LogP contribution in [0.3, 0.4) is 0 Å². The summed E-state index contributed by atoms with van der Waals surface area (Å²) in [4.78, 5) is 28.4. The Balaban J connectivity index is 1.39. The van der Waals surface area contributed by atoms with Gasteiger partial charge in [0, 0.05) is 43.9 Å². The summed E-state index contributed by atoms with van der Waals surface area (Å²) in [5.41, 5.74) is 1.53. The number of hydrogen-bond donors (Lipinski definition) is 1. The average molecular weight is 420 g/mol. The number of piperazine rings is 1. The number of nitrogens with zero attached hydrogens (tertiary/aromatic N) is 3. The van der Waals surface area contributed by atoms with Crippen molar-refractivity contribution in [3.63, 3.8) is 0 Å². The van der Waals surface area contributed by atoms with E-state index in [1.807, 2.05) is 11.8 Å². The third-order valence-corrected chi connectivity index (χ3v) is 5.36. The molecule has 2 heterocycles.